The molecule has 82 valence electrons. The Morgan fingerprint density at radius 3 is 2.79 bits per heavy atom. The lowest BCUT2D eigenvalue weighted by molar-refractivity contribution is 0.102. The summed E-state index contributed by atoms with van der Waals surface area (Å²) in [4.78, 5) is 0. The number of aliphatic hydroxyl groups excluding tert-OH is 1. The van der Waals surface area contributed by atoms with Crippen LogP contribution >= 0.6 is 0 Å². The highest BCUT2D eigenvalue weighted by molar-refractivity contribution is 4.91. The van der Waals surface area contributed by atoms with E-state index in [0.29, 0.717) is 11.8 Å². The van der Waals surface area contributed by atoms with Gasteiger partial charge in [0, 0.05) is 0 Å². The lowest BCUT2D eigenvalue weighted by Gasteiger charge is -2.21. The molecule has 0 aromatic rings. The van der Waals surface area contributed by atoms with Gasteiger partial charge in [-0.05, 0) is 37.5 Å². The van der Waals surface area contributed by atoms with Gasteiger partial charge in [-0.15, -0.1) is 0 Å². The molecule has 0 aromatic heterocycles. The van der Waals surface area contributed by atoms with Crippen LogP contribution in [0.2, 0.25) is 0 Å². The second kappa shape index (κ2) is 6.23. The van der Waals surface area contributed by atoms with E-state index in [0.717, 1.165) is 6.42 Å². The zero-order valence-electron chi connectivity index (χ0n) is 9.58. The van der Waals surface area contributed by atoms with E-state index in [9.17, 15) is 5.11 Å². The van der Waals surface area contributed by atoms with Gasteiger partial charge in [-0.3, -0.25) is 0 Å². The van der Waals surface area contributed by atoms with Gasteiger partial charge in [0.2, 0.25) is 0 Å². The molecule has 0 radical (unpaired) electrons. The van der Waals surface area contributed by atoms with Crippen molar-refractivity contribution in [1.29, 1.82) is 0 Å². The predicted octanol–water partition coefficient (Wildman–Crippen LogP) is 3.53. The van der Waals surface area contributed by atoms with Crippen molar-refractivity contribution in [3.8, 4) is 0 Å². The fraction of sp³-hybridized carbons (Fsp3) is 0.846. The number of hydrogen-bond acceptors (Lipinski definition) is 1. The molecule has 1 nitrogen and oxygen atoms in total. The number of aliphatic hydroxyl groups is 1. The standard InChI is InChI=1S/C13H24O/c1-11(2)13(14)10-12-8-6-4-3-5-7-9-12/h6,8,11-14H,3-5,7,9-10H2,1-2H3/b8-6-. The Morgan fingerprint density at radius 2 is 2.07 bits per heavy atom. The van der Waals surface area contributed by atoms with Crippen molar-refractivity contribution < 1.29 is 5.11 Å². The third-order valence-corrected chi connectivity index (χ3v) is 3.17. The summed E-state index contributed by atoms with van der Waals surface area (Å²) in [6.07, 6.45) is 12.0. The molecule has 0 aliphatic heterocycles. The monoisotopic (exact) mass is 196 g/mol. The maximum absolute atomic E-state index is 9.81. The third-order valence-electron chi connectivity index (χ3n) is 3.17. The van der Waals surface area contributed by atoms with Gasteiger partial charge in [-0.2, -0.15) is 0 Å². The molecule has 0 saturated carbocycles. The van der Waals surface area contributed by atoms with Crippen molar-refractivity contribution in [2.75, 3.05) is 0 Å². The first kappa shape index (κ1) is 11.8. The highest BCUT2D eigenvalue weighted by Crippen LogP contribution is 2.23. The maximum Gasteiger partial charge on any atom is 0.0568 e. The molecule has 0 amide bonds. The van der Waals surface area contributed by atoms with Crippen molar-refractivity contribution in [2.45, 2.75) is 58.5 Å². The topological polar surface area (TPSA) is 20.2 Å². The molecule has 1 rings (SSSR count). The Bertz CT molecular complexity index is 172. The zero-order chi connectivity index (χ0) is 10.4. The summed E-state index contributed by atoms with van der Waals surface area (Å²) in [7, 11) is 0. The second-order valence-electron chi connectivity index (χ2n) is 4.87. The summed E-state index contributed by atoms with van der Waals surface area (Å²) in [5.74, 6) is 1.02. The minimum atomic E-state index is -0.121. The van der Waals surface area contributed by atoms with Gasteiger partial charge in [0.1, 0.15) is 0 Å². The Hall–Kier alpha value is -0.300. The van der Waals surface area contributed by atoms with Gasteiger partial charge >= 0.3 is 0 Å². The van der Waals surface area contributed by atoms with E-state index < -0.39 is 0 Å². The first-order chi connectivity index (χ1) is 6.70. The van der Waals surface area contributed by atoms with Crippen LogP contribution < -0.4 is 0 Å². The molecule has 0 spiro atoms. The van der Waals surface area contributed by atoms with Gasteiger partial charge < -0.3 is 5.11 Å². The fourth-order valence-corrected chi connectivity index (χ4v) is 2.01. The van der Waals surface area contributed by atoms with Crippen molar-refractivity contribution in [1.82, 2.24) is 0 Å². The maximum atomic E-state index is 9.81. The first-order valence-electron chi connectivity index (χ1n) is 6.05. The smallest absolute Gasteiger partial charge is 0.0568 e. The Kier molecular flexibility index (Phi) is 5.24. The zero-order valence-corrected chi connectivity index (χ0v) is 9.58. The SMILES string of the molecule is CC(C)C(O)CC1/C=C\CCCCC1. The van der Waals surface area contributed by atoms with Crippen LogP contribution in [0.15, 0.2) is 12.2 Å². The molecule has 1 aliphatic carbocycles. The molecule has 0 bridgehead atoms. The van der Waals surface area contributed by atoms with Gasteiger partial charge in [0.05, 0.1) is 6.10 Å². The van der Waals surface area contributed by atoms with Crippen LogP contribution in [0.5, 0.6) is 0 Å². The highest BCUT2D eigenvalue weighted by atomic mass is 16.3. The van der Waals surface area contributed by atoms with Crippen LogP contribution in [0.1, 0.15) is 52.4 Å². The van der Waals surface area contributed by atoms with E-state index in [1.165, 1.54) is 32.1 Å². The van der Waals surface area contributed by atoms with Crippen LogP contribution in [0, 0.1) is 11.8 Å². The lowest BCUT2D eigenvalue weighted by Crippen LogP contribution is -2.18. The predicted molar refractivity (Wildman–Crippen MR) is 61.2 cm³/mol. The summed E-state index contributed by atoms with van der Waals surface area (Å²) in [5.41, 5.74) is 0. The van der Waals surface area contributed by atoms with Crippen LogP contribution in [0.25, 0.3) is 0 Å². The average molecular weight is 196 g/mol. The first-order valence-corrected chi connectivity index (χ1v) is 6.05. The van der Waals surface area contributed by atoms with Crippen molar-refractivity contribution in [3.63, 3.8) is 0 Å². The van der Waals surface area contributed by atoms with E-state index in [-0.39, 0.29) is 6.10 Å². The van der Waals surface area contributed by atoms with Gasteiger partial charge in [-0.25, -0.2) is 0 Å². The number of rotatable bonds is 3. The van der Waals surface area contributed by atoms with E-state index in [1.807, 2.05) is 0 Å². The van der Waals surface area contributed by atoms with Gasteiger partial charge in [0.25, 0.3) is 0 Å². The van der Waals surface area contributed by atoms with Crippen molar-refractivity contribution >= 4 is 0 Å². The second-order valence-corrected chi connectivity index (χ2v) is 4.87. The summed E-state index contributed by atoms with van der Waals surface area (Å²) < 4.78 is 0. The Morgan fingerprint density at radius 1 is 1.29 bits per heavy atom. The van der Waals surface area contributed by atoms with Gasteiger partial charge in [0.15, 0.2) is 0 Å². The molecule has 2 unspecified atom stereocenters. The van der Waals surface area contributed by atoms with Crippen LogP contribution in [-0.4, -0.2) is 11.2 Å². The highest BCUT2D eigenvalue weighted by Gasteiger charge is 2.15. The molecule has 1 aliphatic rings. The summed E-state index contributed by atoms with van der Waals surface area (Å²) >= 11 is 0. The van der Waals surface area contributed by atoms with Crippen molar-refractivity contribution in [3.05, 3.63) is 12.2 Å². The van der Waals surface area contributed by atoms with E-state index in [4.69, 9.17) is 0 Å². The molecule has 0 aromatic carbocycles. The molecule has 14 heavy (non-hydrogen) atoms. The minimum Gasteiger partial charge on any atom is -0.393 e. The van der Waals surface area contributed by atoms with E-state index in [2.05, 4.69) is 26.0 Å². The number of allylic oxidation sites excluding steroid dienone is 2. The molecule has 1 heteroatoms. The van der Waals surface area contributed by atoms with Crippen molar-refractivity contribution in [2.24, 2.45) is 11.8 Å². The Labute approximate surface area is 88.2 Å². The molecular formula is C13H24O. The largest absolute Gasteiger partial charge is 0.393 e. The molecule has 0 heterocycles. The van der Waals surface area contributed by atoms with E-state index >= 15 is 0 Å². The molecule has 1 N–H and O–H groups in total. The van der Waals surface area contributed by atoms with E-state index in [1.54, 1.807) is 0 Å². The molecular weight excluding hydrogens is 172 g/mol. The van der Waals surface area contributed by atoms with Gasteiger partial charge in [-0.1, -0.05) is 38.8 Å². The summed E-state index contributed by atoms with van der Waals surface area (Å²) in [6.45, 7) is 4.19. The quantitative estimate of drug-likeness (QED) is 0.685. The van der Waals surface area contributed by atoms with Crippen LogP contribution in [-0.2, 0) is 0 Å². The minimum absolute atomic E-state index is 0.121. The third kappa shape index (κ3) is 4.28. The normalized spacial score (nSPS) is 28.1. The summed E-state index contributed by atoms with van der Waals surface area (Å²) in [6, 6.07) is 0. The Balaban J connectivity index is 2.36. The molecule has 2 atom stereocenters. The van der Waals surface area contributed by atoms with Crippen LogP contribution in [0.4, 0.5) is 0 Å². The fourth-order valence-electron chi connectivity index (χ4n) is 2.01. The van der Waals surface area contributed by atoms with Crippen LogP contribution in [0.3, 0.4) is 0 Å². The number of hydrogen-bond donors (Lipinski definition) is 1. The average Bonchev–Trinajstić information content (AvgIpc) is 2.08. The molecule has 0 fully saturated rings. The summed E-state index contributed by atoms with van der Waals surface area (Å²) in [5, 5.41) is 9.81. The lowest BCUT2D eigenvalue weighted by atomic mass is 9.89. The molecule has 0 saturated heterocycles.